The predicted molar refractivity (Wildman–Crippen MR) is 151 cm³/mol. The van der Waals surface area contributed by atoms with Crippen LogP contribution < -0.4 is 5.32 Å². The number of aromatic amines is 3. The number of H-pyrrole nitrogens is 3. The average molecular weight is 547 g/mol. The second-order valence-corrected chi connectivity index (χ2v) is 12.3. The molecule has 11 nitrogen and oxygen atoms in total. The quantitative estimate of drug-likeness (QED) is 0.223. The summed E-state index contributed by atoms with van der Waals surface area (Å²) < 4.78 is 0. The van der Waals surface area contributed by atoms with E-state index in [0.717, 1.165) is 41.1 Å². The molecule has 206 valence electrons. The number of carbonyl (C=O) groups is 1. The van der Waals surface area contributed by atoms with Crippen LogP contribution in [0.4, 0.5) is 5.69 Å². The number of hydrogen-bond acceptors (Lipinski definition) is 7. The fourth-order valence-electron chi connectivity index (χ4n) is 8.22. The van der Waals surface area contributed by atoms with Crippen molar-refractivity contribution in [3.8, 4) is 34.0 Å². The van der Waals surface area contributed by atoms with Crippen molar-refractivity contribution in [2.24, 2.45) is 23.2 Å². The zero-order chi connectivity index (χ0) is 27.4. The van der Waals surface area contributed by atoms with Crippen LogP contribution >= 0.6 is 0 Å². The third-order valence-corrected chi connectivity index (χ3v) is 9.34. The van der Waals surface area contributed by atoms with Crippen LogP contribution in [0.5, 0.6) is 0 Å². The minimum Gasteiger partial charge on any atom is -0.358 e. The second kappa shape index (κ2) is 9.46. The van der Waals surface area contributed by atoms with Gasteiger partial charge in [-0.05, 0) is 108 Å². The number of nitrogens with one attached hydrogen (secondary N) is 4. The lowest BCUT2D eigenvalue weighted by Gasteiger charge is -2.57. The van der Waals surface area contributed by atoms with E-state index in [1.54, 1.807) is 0 Å². The highest BCUT2D eigenvalue weighted by Gasteiger charge is 2.51. The fourth-order valence-corrected chi connectivity index (χ4v) is 8.22. The van der Waals surface area contributed by atoms with Crippen LogP contribution in [-0.2, 0) is 6.42 Å². The van der Waals surface area contributed by atoms with Gasteiger partial charge in [0.25, 0.3) is 5.91 Å². The van der Waals surface area contributed by atoms with Crippen LogP contribution in [0.15, 0.2) is 54.6 Å². The summed E-state index contributed by atoms with van der Waals surface area (Å²) >= 11 is 0. The third kappa shape index (κ3) is 4.51. The van der Waals surface area contributed by atoms with Gasteiger partial charge >= 0.3 is 0 Å². The average Bonchev–Trinajstić information content (AvgIpc) is 3.75. The maximum absolute atomic E-state index is 14.0. The van der Waals surface area contributed by atoms with Crippen molar-refractivity contribution >= 4 is 11.6 Å². The summed E-state index contributed by atoms with van der Waals surface area (Å²) in [4.78, 5) is 17.7. The third-order valence-electron chi connectivity index (χ3n) is 9.34. The van der Waals surface area contributed by atoms with Crippen molar-refractivity contribution in [2.75, 3.05) is 5.32 Å². The van der Waals surface area contributed by atoms with E-state index >= 15 is 0 Å². The Balaban J connectivity index is 1.15. The van der Waals surface area contributed by atoms with Gasteiger partial charge in [-0.25, -0.2) is 0 Å². The Labute approximate surface area is 235 Å². The van der Waals surface area contributed by atoms with Crippen LogP contribution in [0.2, 0.25) is 0 Å². The van der Waals surface area contributed by atoms with Gasteiger partial charge in [0.15, 0.2) is 0 Å². The molecule has 11 heteroatoms. The van der Waals surface area contributed by atoms with E-state index in [9.17, 15) is 4.79 Å². The first-order valence-corrected chi connectivity index (χ1v) is 14.3. The Bertz CT molecular complexity index is 1600. The Morgan fingerprint density at radius 2 is 1.41 bits per heavy atom. The topological polar surface area (TPSA) is 154 Å². The Morgan fingerprint density at radius 3 is 1.98 bits per heavy atom. The second-order valence-electron chi connectivity index (χ2n) is 12.3. The van der Waals surface area contributed by atoms with Gasteiger partial charge in [0.05, 0.1) is 5.56 Å². The Hall–Kier alpha value is -4.67. The molecule has 41 heavy (non-hydrogen) atoms. The molecule has 0 radical (unpaired) electrons. The Kier molecular flexibility index (Phi) is 5.58. The molecule has 0 aliphatic heterocycles. The minimum atomic E-state index is -0.160. The number of aromatic nitrogens is 9. The van der Waals surface area contributed by atoms with Gasteiger partial charge in [-0.1, -0.05) is 30.3 Å². The molecule has 2 aromatic carbocycles. The number of carbonyl (C=O) groups excluding carboxylic acids is 1. The molecule has 0 unspecified atom stereocenters. The molecule has 0 saturated heterocycles. The first-order chi connectivity index (χ1) is 20.1. The van der Waals surface area contributed by atoms with Crippen molar-refractivity contribution < 1.29 is 4.79 Å². The molecule has 0 spiro atoms. The molecule has 9 rings (SSSR count). The van der Waals surface area contributed by atoms with Crippen LogP contribution in [0.25, 0.3) is 34.0 Å². The van der Waals surface area contributed by atoms with Gasteiger partial charge in [-0.3, -0.25) is 4.79 Å². The molecule has 4 fully saturated rings. The number of benzene rings is 2. The number of nitrogens with zero attached hydrogens (tertiary/aromatic N) is 6. The highest BCUT2D eigenvalue weighted by molar-refractivity contribution is 6.06. The van der Waals surface area contributed by atoms with E-state index in [4.69, 9.17) is 0 Å². The molecular formula is C30H30N10O. The summed E-state index contributed by atoms with van der Waals surface area (Å²) in [6.07, 6.45) is 8.93. The van der Waals surface area contributed by atoms with Crippen molar-refractivity contribution in [3.63, 3.8) is 0 Å². The van der Waals surface area contributed by atoms with Gasteiger partial charge in [0, 0.05) is 28.2 Å². The first kappa shape index (κ1) is 24.2. The number of rotatable bonds is 7. The van der Waals surface area contributed by atoms with Crippen LogP contribution in [-0.4, -0.2) is 52.1 Å². The molecular weight excluding hydrogens is 516 g/mol. The highest BCUT2D eigenvalue weighted by Crippen LogP contribution is 2.61. The largest absolute Gasteiger partial charge is 0.358 e. The van der Waals surface area contributed by atoms with E-state index in [0.29, 0.717) is 34.0 Å². The molecule has 4 bridgehead atoms. The van der Waals surface area contributed by atoms with Crippen LogP contribution in [0.3, 0.4) is 0 Å². The van der Waals surface area contributed by atoms with Crippen molar-refractivity contribution in [3.05, 3.63) is 65.9 Å². The molecule has 5 aromatic rings. The van der Waals surface area contributed by atoms with E-state index in [1.807, 2.05) is 42.5 Å². The van der Waals surface area contributed by atoms with Crippen molar-refractivity contribution in [1.29, 1.82) is 0 Å². The molecule has 3 aromatic heterocycles. The summed E-state index contributed by atoms with van der Waals surface area (Å²) in [5, 5.41) is 31.9. The molecule has 4 aliphatic carbocycles. The predicted octanol–water partition coefficient (Wildman–Crippen LogP) is 5.05. The maximum Gasteiger partial charge on any atom is 0.257 e. The van der Waals surface area contributed by atoms with E-state index in [-0.39, 0.29) is 11.3 Å². The fraction of sp³-hybridized carbons (Fsp3) is 0.367. The lowest BCUT2D eigenvalue weighted by atomic mass is 9.48. The number of hydrogen-bond donors (Lipinski definition) is 4. The molecule has 3 heterocycles. The van der Waals surface area contributed by atoms with E-state index < -0.39 is 0 Å². The number of tetrazole rings is 2. The van der Waals surface area contributed by atoms with E-state index in [1.165, 1.54) is 38.5 Å². The normalized spacial score (nSPS) is 24.5. The van der Waals surface area contributed by atoms with Gasteiger partial charge < -0.3 is 10.3 Å². The molecule has 0 atom stereocenters. The highest BCUT2D eigenvalue weighted by atomic mass is 16.1. The SMILES string of the molecule is O=C(Nc1cc(-c2nn[nH]n2)cc(-c2nn[nH]n2)c1)c1cc(-c2ccccc2)[nH]c1CC12CC3CC(CC(C3)C1)C2. The molecule has 4 saturated carbocycles. The van der Waals surface area contributed by atoms with Gasteiger partial charge in [0.2, 0.25) is 11.6 Å². The summed E-state index contributed by atoms with van der Waals surface area (Å²) in [5.74, 6) is 3.19. The minimum absolute atomic E-state index is 0.160. The molecule has 4 N–H and O–H groups in total. The lowest BCUT2D eigenvalue weighted by Crippen LogP contribution is -2.47. The summed E-state index contributed by atoms with van der Waals surface area (Å²) in [7, 11) is 0. The summed E-state index contributed by atoms with van der Waals surface area (Å²) in [6, 6.07) is 17.7. The van der Waals surface area contributed by atoms with Gasteiger partial charge in [-0.2, -0.15) is 10.4 Å². The molecule has 4 aliphatic rings. The standard InChI is InChI=1S/C30H30N10O/c41-29(31-23-10-21(27-33-37-38-34-27)9-22(11-23)28-35-39-40-36-28)24-12-25(20-4-2-1-3-5-20)32-26(24)16-30-13-17-6-18(14-30)8-19(7-17)15-30/h1-5,9-12,17-19,32H,6-8,13-16H2,(H,31,41)(H,33,34,37,38)(H,35,36,39,40). The lowest BCUT2D eigenvalue weighted by molar-refractivity contribution is -0.0526. The maximum atomic E-state index is 14.0. The smallest absolute Gasteiger partial charge is 0.257 e. The first-order valence-electron chi connectivity index (χ1n) is 14.3. The summed E-state index contributed by atoms with van der Waals surface area (Å²) in [5.41, 5.74) is 5.95. The van der Waals surface area contributed by atoms with Gasteiger partial charge in [0.1, 0.15) is 0 Å². The number of anilines is 1. The molecule has 1 amide bonds. The van der Waals surface area contributed by atoms with Crippen LogP contribution in [0, 0.1) is 23.2 Å². The van der Waals surface area contributed by atoms with Crippen LogP contribution in [0.1, 0.15) is 54.6 Å². The van der Waals surface area contributed by atoms with Gasteiger partial charge in [-0.15, -0.1) is 20.4 Å². The van der Waals surface area contributed by atoms with Crippen molar-refractivity contribution in [1.82, 2.24) is 46.2 Å². The summed E-state index contributed by atoms with van der Waals surface area (Å²) in [6.45, 7) is 0. The van der Waals surface area contributed by atoms with Crippen molar-refractivity contribution in [2.45, 2.75) is 44.9 Å². The monoisotopic (exact) mass is 546 g/mol. The Morgan fingerprint density at radius 1 is 0.805 bits per heavy atom. The zero-order valence-electron chi connectivity index (χ0n) is 22.5. The zero-order valence-corrected chi connectivity index (χ0v) is 22.5. The van der Waals surface area contributed by atoms with E-state index in [2.05, 4.69) is 63.7 Å². The number of amides is 1.